The third-order valence-corrected chi connectivity index (χ3v) is 1.82. The number of rotatable bonds is 1. The van der Waals surface area contributed by atoms with Crippen molar-refractivity contribution in [3.8, 4) is 11.4 Å². The first-order valence-corrected chi connectivity index (χ1v) is 3.93. The van der Waals surface area contributed by atoms with Gasteiger partial charge in [0.15, 0.2) is 0 Å². The zero-order valence-electron chi connectivity index (χ0n) is 6.91. The van der Waals surface area contributed by atoms with Crippen LogP contribution in [0.5, 0.6) is 0 Å². The molecule has 0 saturated carbocycles. The second kappa shape index (κ2) is 4.61. The molecule has 2 nitrogen and oxygen atoms in total. The number of hydrogen-bond acceptors (Lipinski definition) is 1. The molecule has 1 heterocycles. The molecular formula is C10H11N2Na. The number of benzene rings is 1. The Balaban J connectivity index is 0.000000845. The van der Waals surface area contributed by atoms with Crippen molar-refractivity contribution >= 4 is 29.6 Å². The van der Waals surface area contributed by atoms with Crippen molar-refractivity contribution in [2.45, 2.75) is 6.92 Å². The fourth-order valence-electron chi connectivity index (χ4n) is 1.13. The molecule has 3 heteroatoms. The summed E-state index contributed by atoms with van der Waals surface area (Å²) in [6.45, 7) is 2.08. The van der Waals surface area contributed by atoms with E-state index >= 15 is 0 Å². The summed E-state index contributed by atoms with van der Waals surface area (Å²) in [5.74, 6) is 0.926. The summed E-state index contributed by atoms with van der Waals surface area (Å²) in [5.41, 5.74) is 2.40. The zero-order chi connectivity index (χ0) is 8.39. The molecule has 0 radical (unpaired) electrons. The molecule has 0 aliphatic rings. The molecule has 0 saturated heterocycles. The molecule has 0 spiro atoms. The van der Waals surface area contributed by atoms with Crippen molar-refractivity contribution in [3.63, 3.8) is 0 Å². The van der Waals surface area contributed by atoms with E-state index in [-0.39, 0.29) is 29.6 Å². The van der Waals surface area contributed by atoms with E-state index in [0.717, 1.165) is 11.4 Å². The molecule has 1 N–H and O–H groups in total. The molecule has 0 unspecified atom stereocenters. The van der Waals surface area contributed by atoms with Crippen LogP contribution in [0, 0.1) is 6.92 Å². The molecule has 2 aromatic rings. The van der Waals surface area contributed by atoms with Gasteiger partial charge in [-0.2, -0.15) is 0 Å². The fraction of sp³-hybridized carbons (Fsp3) is 0.100. The van der Waals surface area contributed by atoms with Gasteiger partial charge in [0.25, 0.3) is 0 Å². The minimum atomic E-state index is 0. The van der Waals surface area contributed by atoms with E-state index in [2.05, 4.69) is 41.2 Å². The molecule has 0 aliphatic heterocycles. The van der Waals surface area contributed by atoms with Crippen molar-refractivity contribution < 1.29 is 0 Å². The second-order valence-corrected chi connectivity index (χ2v) is 2.80. The van der Waals surface area contributed by atoms with Crippen LogP contribution >= 0.6 is 0 Å². The van der Waals surface area contributed by atoms with E-state index in [1.165, 1.54) is 5.56 Å². The Hall–Kier alpha value is -0.570. The van der Waals surface area contributed by atoms with E-state index < -0.39 is 0 Å². The Morgan fingerprint density at radius 1 is 1.15 bits per heavy atom. The Kier molecular flexibility index (Phi) is 3.72. The van der Waals surface area contributed by atoms with Gasteiger partial charge in [0.1, 0.15) is 5.82 Å². The normalized spacial score (nSPS) is 9.31. The molecule has 0 atom stereocenters. The topological polar surface area (TPSA) is 28.7 Å². The van der Waals surface area contributed by atoms with Gasteiger partial charge in [-0.3, -0.25) is 0 Å². The summed E-state index contributed by atoms with van der Waals surface area (Å²) >= 11 is 0. The van der Waals surface area contributed by atoms with Gasteiger partial charge in [-0.15, -0.1) is 0 Å². The maximum atomic E-state index is 4.16. The average molecular weight is 182 g/mol. The maximum absolute atomic E-state index is 4.16. The molecule has 0 amide bonds. The van der Waals surface area contributed by atoms with Crippen LogP contribution in [0.25, 0.3) is 11.4 Å². The van der Waals surface area contributed by atoms with Crippen LogP contribution in [0.1, 0.15) is 5.56 Å². The van der Waals surface area contributed by atoms with E-state index in [1.54, 1.807) is 6.20 Å². The number of aryl methyl sites for hydroxylation is 1. The first-order chi connectivity index (χ1) is 5.86. The predicted molar refractivity (Wildman–Crippen MR) is 55.9 cm³/mol. The van der Waals surface area contributed by atoms with Crippen LogP contribution in [0.3, 0.4) is 0 Å². The van der Waals surface area contributed by atoms with Crippen molar-refractivity contribution in [3.05, 3.63) is 42.2 Å². The summed E-state index contributed by atoms with van der Waals surface area (Å²) < 4.78 is 0. The van der Waals surface area contributed by atoms with E-state index in [9.17, 15) is 0 Å². The Labute approximate surface area is 99.7 Å². The van der Waals surface area contributed by atoms with Crippen molar-refractivity contribution in [1.29, 1.82) is 0 Å². The molecule has 1 aromatic carbocycles. The van der Waals surface area contributed by atoms with Crippen molar-refractivity contribution in [2.24, 2.45) is 0 Å². The van der Waals surface area contributed by atoms with Gasteiger partial charge >= 0.3 is 29.6 Å². The summed E-state index contributed by atoms with van der Waals surface area (Å²) in [7, 11) is 0. The molecular weight excluding hydrogens is 171 g/mol. The number of nitrogens with one attached hydrogen (secondary N) is 1. The molecule has 1 aromatic heterocycles. The molecule has 0 aliphatic carbocycles. The zero-order valence-corrected chi connectivity index (χ0v) is 6.91. The van der Waals surface area contributed by atoms with Crippen molar-refractivity contribution in [2.75, 3.05) is 0 Å². The summed E-state index contributed by atoms with van der Waals surface area (Å²) in [4.78, 5) is 7.22. The van der Waals surface area contributed by atoms with E-state index in [4.69, 9.17) is 0 Å². The van der Waals surface area contributed by atoms with Gasteiger partial charge in [-0.05, 0) is 6.92 Å². The van der Waals surface area contributed by atoms with Crippen LogP contribution < -0.4 is 0 Å². The SMILES string of the molecule is Cc1ccc(-c2ncc[nH]2)cc1.[NaH]. The number of nitrogens with zero attached hydrogens (tertiary/aromatic N) is 1. The third kappa shape index (κ3) is 2.44. The first-order valence-electron chi connectivity index (χ1n) is 3.93. The van der Waals surface area contributed by atoms with Gasteiger partial charge in [-0.1, -0.05) is 29.8 Å². The van der Waals surface area contributed by atoms with Crippen LogP contribution in [0.15, 0.2) is 36.7 Å². The van der Waals surface area contributed by atoms with Gasteiger partial charge in [0.2, 0.25) is 0 Å². The third-order valence-electron chi connectivity index (χ3n) is 1.82. The Morgan fingerprint density at radius 2 is 1.85 bits per heavy atom. The Bertz CT molecular complexity index is 351. The number of imidazole rings is 1. The first kappa shape index (κ1) is 10.5. The van der Waals surface area contributed by atoms with Gasteiger partial charge in [0.05, 0.1) is 0 Å². The summed E-state index contributed by atoms with van der Waals surface area (Å²) in [6, 6.07) is 8.29. The number of hydrogen-bond donors (Lipinski definition) is 1. The van der Waals surface area contributed by atoms with Gasteiger partial charge < -0.3 is 4.98 Å². The Morgan fingerprint density at radius 3 is 2.38 bits per heavy atom. The monoisotopic (exact) mass is 182 g/mol. The number of H-pyrrole nitrogens is 1. The predicted octanol–water partition coefficient (Wildman–Crippen LogP) is 1.74. The van der Waals surface area contributed by atoms with Crippen LogP contribution in [-0.4, -0.2) is 39.5 Å². The van der Waals surface area contributed by atoms with Crippen LogP contribution in [0.4, 0.5) is 0 Å². The number of aromatic nitrogens is 2. The molecule has 0 fully saturated rings. The van der Waals surface area contributed by atoms with Crippen molar-refractivity contribution in [1.82, 2.24) is 9.97 Å². The molecule has 2 rings (SSSR count). The summed E-state index contributed by atoms with van der Waals surface area (Å²) in [5, 5.41) is 0. The van der Waals surface area contributed by atoms with Crippen LogP contribution in [-0.2, 0) is 0 Å². The quantitative estimate of drug-likeness (QED) is 0.668. The van der Waals surface area contributed by atoms with E-state index in [1.807, 2.05) is 6.20 Å². The molecule has 62 valence electrons. The second-order valence-electron chi connectivity index (χ2n) is 2.80. The standard InChI is InChI=1S/C10H10N2.Na.H/c1-8-2-4-9(5-3-8)10-11-6-7-12-10;;/h2-7H,1H3,(H,11,12);;. The molecule has 0 bridgehead atoms. The van der Waals surface area contributed by atoms with Gasteiger partial charge in [-0.25, -0.2) is 4.98 Å². The molecule has 13 heavy (non-hydrogen) atoms. The van der Waals surface area contributed by atoms with Crippen LogP contribution in [0.2, 0.25) is 0 Å². The van der Waals surface area contributed by atoms with Gasteiger partial charge in [0, 0.05) is 18.0 Å². The average Bonchev–Trinajstić information content (AvgIpc) is 2.58. The summed E-state index contributed by atoms with van der Waals surface area (Å²) in [6.07, 6.45) is 3.59. The van der Waals surface area contributed by atoms with E-state index in [0.29, 0.717) is 0 Å². The number of aromatic amines is 1. The fourth-order valence-corrected chi connectivity index (χ4v) is 1.13. The minimum absolute atomic E-state index is 0.